The SMILES string of the molecule is COC(=O)c1ccc(-c2ccc(/C=C3\OC(=S)N(Cc4ccc(C)cc4)C3=O)o2)cn1.Cc1ccc(CN2C(=O)/C(=C/c3ccc(-c4ccc(C(=O)O)cc4)o3)OC2=S)cc1.Cc1ccc(CN2C(=O)/C(=C/c3cccc(-c4ccc(C(=O)O)cc4)c3)OC2=S)cc1.O=C(O)c1ccc(-c2ccc(/C=C3\OC(=S)N(Cc4ccccc4)C3=O)o2)cc1. The van der Waals surface area contributed by atoms with E-state index in [4.69, 9.17) is 96.4 Å². The van der Waals surface area contributed by atoms with Crippen LogP contribution in [0.25, 0.3) is 69.4 Å². The van der Waals surface area contributed by atoms with E-state index < -0.39 is 23.9 Å². The number of thiocarbonyl (C=S) groups is 4. The van der Waals surface area contributed by atoms with Crippen LogP contribution in [0.1, 0.15) is 103 Å². The van der Waals surface area contributed by atoms with Gasteiger partial charge >= 0.3 is 23.9 Å². The van der Waals surface area contributed by atoms with Gasteiger partial charge in [-0.2, -0.15) is 0 Å². The van der Waals surface area contributed by atoms with E-state index in [0.717, 1.165) is 66.8 Å². The number of aromatic nitrogens is 1. The van der Waals surface area contributed by atoms with Gasteiger partial charge in [-0.1, -0.05) is 174 Å². The van der Waals surface area contributed by atoms with E-state index in [0.29, 0.717) is 66.3 Å². The van der Waals surface area contributed by atoms with Crippen LogP contribution in [0.3, 0.4) is 0 Å². The summed E-state index contributed by atoms with van der Waals surface area (Å²) in [6.45, 7) is 7.35. The molecule has 0 spiro atoms. The molecule has 12 aromatic rings. The van der Waals surface area contributed by atoms with Gasteiger partial charge in [0.25, 0.3) is 44.3 Å². The number of methoxy groups -OCH3 is 1. The second-order valence-corrected chi connectivity index (χ2v) is 28.7. The Kier molecular flexibility index (Phi) is 26.3. The van der Waals surface area contributed by atoms with Gasteiger partial charge in [0.1, 0.15) is 40.3 Å². The van der Waals surface area contributed by atoms with Crippen LogP contribution in [0.4, 0.5) is 0 Å². The van der Waals surface area contributed by atoms with E-state index in [1.807, 2.05) is 148 Å². The molecule has 0 unspecified atom stereocenters. The molecule has 4 aliphatic rings. The van der Waals surface area contributed by atoms with Gasteiger partial charge < -0.3 is 52.3 Å². The minimum atomic E-state index is -0.991. The number of pyridine rings is 1. The minimum Gasteiger partial charge on any atom is -0.478 e. The van der Waals surface area contributed by atoms with Crippen molar-refractivity contribution in [3.63, 3.8) is 0 Å². The largest absolute Gasteiger partial charge is 0.478 e. The number of benzene rings is 8. The molecule has 0 atom stereocenters. The van der Waals surface area contributed by atoms with Crippen molar-refractivity contribution >= 4 is 141 Å². The molecule has 8 aromatic carbocycles. The molecular weight excluding hydrogens is 1620 g/mol. The van der Waals surface area contributed by atoms with E-state index in [2.05, 4.69) is 9.72 Å². The third-order valence-corrected chi connectivity index (χ3v) is 19.9. The van der Waals surface area contributed by atoms with E-state index in [1.165, 1.54) is 75.4 Å². The normalized spacial score (nSPS) is 14.9. The first-order valence-corrected chi connectivity index (χ1v) is 38.6. The summed E-state index contributed by atoms with van der Waals surface area (Å²) < 4.78 is 44.0. The molecule has 4 amide bonds. The van der Waals surface area contributed by atoms with Crippen molar-refractivity contribution in [2.75, 3.05) is 7.11 Å². The predicted octanol–water partition coefficient (Wildman–Crippen LogP) is 18.1. The van der Waals surface area contributed by atoms with Gasteiger partial charge in [-0.15, -0.1) is 0 Å². The summed E-state index contributed by atoms with van der Waals surface area (Å²) >= 11 is 20.9. The number of amides is 4. The number of hydrogen-bond donors (Lipinski definition) is 3. The lowest BCUT2D eigenvalue weighted by molar-refractivity contribution is -0.124. The Morgan fingerprint density at radius 3 is 1.01 bits per heavy atom. The van der Waals surface area contributed by atoms with Crippen molar-refractivity contribution in [2.45, 2.75) is 47.0 Å². The summed E-state index contributed by atoms with van der Waals surface area (Å²) in [7, 11) is 1.30. The molecule has 24 nitrogen and oxygen atoms in total. The van der Waals surface area contributed by atoms with Crippen LogP contribution in [0.15, 0.2) is 291 Å². The fourth-order valence-electron chi connectivity index (χ4n) is 12.2. The molecule has 3 N–H and O–H groups in total. The van der Waals surface area contributed by atoms with Crippen LogP contribution in [0.5, 0.6) is 0 Å². The molecule has 121 heavy (non-hydrogen) atoms. The van der Waals surface area contributed by atoms with Crippen molar-refractivity contribution in [1.29, 1.82) is 0 Å². The van der Waals surface area contributed by atoms with Gasteiger partial charge in [0.15, 0.2) is 23.0 Å². The number of carboxylic acid groups (broad SMARTS) is 3. The highest BCUT2D eigenvalue weighted by Crippen LogP contribution is 2.33. The Labute approximate surface area is 713 Å². The maximum atomic E-state index is 12.8. The van der Waals surface area contributed by atoms with Crippen molar-refractivity contribution in [1.82, 2.24) is 24.6 Å². The fraction of sp³-hybridized carbons (Fsp3) is 0.0860. The standard InChI is InChI=1S/C25H19NO4S.C23H18N2O5S.C23H17NO5S.C22H15NO5S/c1-16-5-7-17(8-6-16)15-26-23(27)22(30-25(26)31)14-18-3-2-4-21(13-18)19-9-11-20(12-10-19)24(28)29;1-14-3-5-15(6-4-14)13-25-21(26)20(30-23(25)31)11-17-8-10-19(29-17)16-7-9-18(24-12-16)22(27)28-2;1-14-2-4-15(5-3-14)13-24-21(25)20(29-23(24)30)12-18-10-11-19(28-18)16-6-8-17(9-7-16)22(26)27;24-20-19(28-22(29)23(20)13-14-4-2-1-3-5-14)12-17-10-11-18(27-17)15-6-8-16(9-7-15)21(25)26/h2-14H,15H2,1H3,(H,28,29);3-12H,13H2,1-2H3;2-12H,13H2,1H3,(H,26,27);1-12H,13H2,(H,25,26)/b22-14-;20-11-;20-12-;19-12-. The highest BCUT2D eigenvalue weighted by molar-refractivity contribution is 7.80. The number of carbonyl (C=O) groups excluding carboxylic acids is 5. The lowest BCUT2D eigenvalue weighted by Crippen LogP contribution is -2.27. The highest BCUT2D eigenvalue weighted by Gasteiger charge is 2.38. The van der Waals surface area contributed by atoms with Gasteiger partial charge in [-0.3, -0.25) is 38.8 Å². The van der Waals surface area contributed by atoms with Crippen LogP contribution in [-0.2, 0) is 69.0 Å². The Hall–Kier alpha value is -15.0. The lowest BCUT2D eigenvalue weighted by Gasteiger charge is -2.12. The topological polar surface area (TPSA) is 309 Å². The molecule has 4 aliphatic heterocycles. The molecular formula is C93H69N5O19S4. The molecule has 0 bridgehead atoms. The molecule has 0 saturated carbocycles. The number of esters is 1. The average molecular weight is 1690 g/mol. The van der Waals surface area contributed by atoms with Gasteiger partial charge in [0.2, 0.25) is 0 Å². The quantitative estimate of drug-likeness (QED) is 0.0363. The van der Waals surface area contributed by atoms with Crippen LogP contribution in [-0.4, -0.2) is 115 Å². The Bertz CT molecular complexity index is 6150. The third-order valence-electron chi connectivity index (χ3n) is 18.7. The van der Waals surface area contributed by atoms with Crippen molar-refractivity contribution in [2.24, 2.45) is 0 Å². The lowest BCUT2D eigenvalue weighted by atomic mass is 10.0. The number of ether oxygens (including phenoxy) is 5. The number of furan rings is 3. The van der Waals surface area contributed by atoms with Crippen molar-refractivity contribution in [3.8, 4) is 45.1 Å². The minimum absolute atomic E-state index is 0.0908. The number of aromatic carboxylic acids is 3. The van der Waals surface area contributed by atoms with Crippen molar-refractivity contribution < 1.29 is 90.6 Å². The molecule has 4 saturated heterocycles. The van der Waals surface area contributed by atoms with E-state index >= 15 is 0 Å². The molecule has 8 heterocycles. The van der Waals surface area contributed by atoms with Gasteiger partial charge in [-0.05, 0) is 206 Å². The zero-order chi connectivity index (χ0) is 85.5. The second kappa shape index (κ2) is 38.0. The maximum absolute atomic E-state index is 12.8. The number of carboxylic acids is 3. The number of hydrogen-bond acceptors (Lipinski definition) is 21. The first-order valence-electron chi connectivity index (χ1n) is 36.9. The summed E-state index contributed by atoms with van der Waals surface area (Å²) in [6, 6.07) is 73.5. The predicted molar refractivity (Wildman–Crippen MR) is 463 cm³/mol. The van der Waals surface area contributed by atoms with Crippen LogP contribution in [0.2, 0.25) is 0 Å². The van der Waals surface area contributed by atoms with E-state index in [1.54, 1.807) is 103 Å². The van der Waals surface area contributed by atoms with Crippen LogP contribution in [0, 0.1) is 20.8 Å². The number of nitrogens with zero attached hydrogens (tertiary/aromatic N) is 5. The Morgan fingerprint density at radius 2 is 0.678 bits per heavy atom. The first kappa shape index (κ1) is 84.0. The summed E-state index contributed by atoms with van der Waals surface area (Å²) in [6.07, 6.45) is 7.67. The van der Waals surface area contributed by atoms with E-state index in [9.17, 15) is 38.4 Å². The molecule has 4 aromatic heterocycles. The average Bonchev–Trinajstić information content (AvgIpc) is 1.69. The molecule has 4 fully saturated rings. The number of aryl methyl sites for hydroxylation is 3. The monoisotopic (exact) mass is 1690 g/mol. The maximum Gasteiger partial charge on any atom is 0.356 e. The first-order chi connectivity index (χ1) is 58.3. The van der Waals surface area contributed by atoms with Gasteiger partial charge in [0, 0.05) is 41.1 Å². The number of carbonyl (C=O) groups is 8. The smallest absolute Gasteiger partial charge is 0.356 e. The molecule has 16 rings (SSSR count). The summed E-state index contributed by atoms with van der Waals surface area (Å²) in [5, 5.41) is 27.5. The molecule has 0 aliphatic carbocycles. The fourth-order valence-corrected chi connectivity index (χ4v) is 13.1. The van der Waals surface area contributed by atoms with Gasteiger partial charge in [-0.25, -0.2) is 24.2 Å². The highest BCUT2D eigenvalue weighted by atomic mass is 32.1. The summed E-state index contributed by atoms with van der Waals surface area (Å²) in [5.74, 6) is -1.37. The Balaban J connectivity index is 0.000000139. The third kappa shape index (κ3) is 21.1. The van der Waals surface area contributed by atoms with Crippen LogP contribution < -0.4 is 0 Å². The van der Waals surface area contributed by atoms with E-state index in [-0.39, 0.29) is 89.7 Å². The van der Waals surface area contributed by atoms with Crippen molar-refractivity contribution in [3.05, 3.63) is 362 Å². The number of rotatable bonds is 20. The van der Waals surface area contributed by atoms with Gasteiger partial charge in [0.05, 0.1) is 50.0 Å². The Morgan fingerprint density at radius 1 is 0.355 bits per heavy atom. The molecule has 0 radical (unpaired) electrons. The molecule has 28 heteroatoms. The summed E-state index contributed by atoms with van der Waals surface area (Å²) in [5.41, 5.74) is 12.7. The van der Waals surface area contributed by atoms with Crippen LogP contribution >= 0.6 is 48.9 Å². The second-order valence-electron chi connectivity index (χ2n) is 27.3. The zero-order valence-corrected chi connectivity index (χ0v) is 67.9. The summed E-state index contributed by atoms with van der Waals surface area (Å²) in [4.78, 5) is 105. The molecule has 604 valence electrons. The zero-order valence-electron chi connectivity index (χ0n) is 64.6.